The average molecular weight is 251 g/mol. The first-order chi connectivity index (χ1) is 8.20. The fourth-order valence-electron chi connectivity index (χ4n) is 1.73. The molecule has 2 rings (SSSR count). The standard InChI is InChI=1S/C13H17NO2S/c1-3-16-9(2)11(15)8-13-14-10-6-4-5-7-12(10)17-13/h4-7,9,11,15H,3,8H2,1-2H3. The number of fused-ring (bicyclic) bond motifs is 1. The molecule has 0 aliphatic heterocycles. The van der Waals surface area contributed by atoms with Crippen molar-refractivity contribution in [1.29, 1.82) is 0 Å². The van der Waals surface area contributed by atoms with Crippen molar-refractivity contribution in [2.75, 3.05) is 6.61 Å². The molecule has 0 aliphatic rings. The smallest absolute Gasteiger partial charge is 0.0965 e. The van der Waals surface area contributed by atoms with Gasteiger partial charge in [-0.05, 0) is 26.0 Å². The highest BCUT2D eigenvalue weighted by atomic mass is 32.1. The van der Waals surface area contributed by atoms with Gasteiger partial charge >= 0.3 is 0 Å². The van der Waals surface area contributed by atoms with Crippen LogP contribution in [-0.4, -0.2) is 28.9 Å². The van der Waals surface area contributed by atoms with E-state index in [1.54, 1.807) is 11.3 Å². The molecule has 1 heterocycles. The van der Waals surface area contributed by atoms with E-state index < -0.39 is 6.10 Å². The summed E-state index contributed by atoms with van der Waals surface area (Å²) in [5.41, 5.74) is 1.00. The lowest BCUT2D eigenvalue weighted by Gasteiger charge is -2.17. The van der Waals surface area contributed by atoms with Gasteiger partial charge in [-0.3, -0.25) is 0 Å². The summed E-state index contributed by atoms with van der Waals surface area (Å²) in [6.45, 7) is 4.44. The maximum Gasteiger partial charge on any atom is 0.0965 e. The maximum absolute atomic E-state index is 9.97. The van der Waals surface area contributed by atoms with Crippen LogP contribution >= 0.6 is 11.3 Å². The van der Waals surface area contributed by atoms with E-state index in [0.29, 0.717) is 13.0 Å². The topological polar surface area (TPSA) is 42.4 Å². The summed E-state index contributed by atoms with van der Waals surface area (Å²) in [5, 5.41) is 10.9. The number of aromatic nitrogens is 1. The second-order valence-electron chi connectivity index (χ2n) is 4.01. The Hall–Kier alpha value is -0.970. The van der Waals surface area contributed by atoms with Crippen LogP contribution in [0.1, 0.15) is 18.9 Å². The number of hydrogen-bond donors (Lipinski definition) is 1. The molecule has 0 saturated carbocycles. The summed E-state index contributed by atoms with van der Waals surface area (Å²) in [4.78, 5) is 4.50. The third kappa shape index (κ3) is 3.03. The van der Waals surface area contributed by atoms with Crippen LogP contribution in [0, 0.1) is 0 Å². The van der Waals surface area contributed by atoms with Crippen LogP contribution in [0.2, 0.25) is 0 Å². The summed E-state index contributed by atoms with van der Waals surface area (Å²) in [6, 6.07) is 8.02. The lowest BCUT2D eigenvalue weighted by atomic mass is 10.2. The van der Waals surface area contributed by atoms with Crippen LogP contribution < -0.4 is 0 Å². The third-order valence-corrected chi connectivity index (χ3v) is 3.75. The average Bonchev–Trinajstić information content (AvgIpc) is 2.71. The molecule has 1 aromatic carbocycles. The van der Waals surface area contributed by atoms with Crippen LogP contribution in [0.25, 0.3) is 10.2 Å². The van der Waals surface area contributed by atoms with Gasteiger partial charge in [-0.15, -0.1) is 11.3 Å². The highest BCUT2D eigenvalue weighted by Gasteiger charge is 2.16. The quantitative estimate of drug-likeness (QED) is 0.888. The number of aliphatic hydroxyl groups excluding tert-OH is 1. The van der Waals surface area contributed by atoms with Crippen molar-refractivity contribution in [3.05, 3.63) is 29.3 Å². The van der Waals surface area contributed by atoms with Crippen LogP contribution in [0.5, 0.6) is 0 Å². The minimum atomic E-state index is -0.490. The van der Waals surface area contributed by atoms with Gasteiger partial charge in [0.1, 0.15) is 0 Å². The lowest BCUT2D eigenvalue weighted by Crippen LogP contribution is -2.28. The zero-order chi connectivity index (χ0) is 12.3. The van der Waals surface area contributed by atoms with Crippen molar-refractivity contribution < 1.29 is 9.84 Å². The molecule has 0 spiro atoms. The van der Waals surface area contributed by atoms with E-state index in [9.17, 15) is 5.11 Å². The fourth-order valence-corrected chi connectivity index (χ4v) is 2.74. The van der Waals surface area contributed by atoms with E-state index in [1.807, 2.05) is 32.0 Å². The van der Waals surface area contributed by atoms with Gasteiger partial charge < -0.3 is 9.84 Å². The van der Waals surface area contributed by atoms with E-state index >= 15 is 0 Å². The van der Waals surface area contributed by atoms with Crippen LogP contribution in [0.3, 0.4) is 0 Å². The van der Waals surface area contributed by atoms with Gasteiger partial charge in [0.2, 0.25) is 0 Å². The third-order valence-electron chi connectivity index (χ3n) is 2.69. The summed E-state index contributed by atoms with van der Waals surface area (Å²) in [6.07, 6.45) is -0.0805. The van der Waals surface area contributed by atoms with Gasteiger partial charge in [-0.2, -0.15) is 0 Å². The Balaban J connectivity index is 2.07. The zero-order valence-corrected chi connectivity index (χ0v) is 10.9. The first-order valence-corrected chi connectivity index (χ1v) is 6.66. The van der Waals surface area contributed by atoms with Gasteiger partial charge in [-0.1, -0.05) is 12.1 Å². The van der Waals surface area contributed by atoms with Crippen molar-refractivity contribution >= 4 is 21.6 Å². The van der Waals surface area contributed by atoms with Gasteiger partial charge in [0.25, 0.3) is 0 Å². The van der Waals surface area contributed by atoms with Crippen LogP contribution in [0.15, 0.2) is 24.3 Å². The fraction of sp³-hybridized carbons (Fsp3) is 0.462. The van der Waals surface area contributed by atoms with E-state index in [4.69, 9.17) is 4.74 Å². The van der Waals surface area contributed by atoms with Crippen molar-refractivity contribution in [1.82, 2.24) is 4.98 Å². The number of ether oxygens (including phenoxy) is 1. The molecular formula is C13H17NO2S. The molecule has 0 amide bonds. The molecule has 1 N–H and O–H groups in total. The molecule has 4 heteroatoms. The predicted octanol–water partition coefficient (Wildman–Crippen LogP) is 2.62. The predicted molar refractivity (Wildman–Crippen MR) is 70.4 cm³/mol. The normalized spacial score (nSPS) is 15.0. The Bertz CT molecular complexity index is 450. The summed E-state index contributed by atoms with van der Waals surface area (Å²) >= 11 is 1.63. The maximum atomic E-state index is 9.97. The monoisotopic (exact) mass is 251 g/mol. The Morgan fingerprint density at radius 1 is 1.41 bits per heavy atom. The molecule has 0 radical (unpaired) electrons. The molecule has 0 fully saturated rings. The summed E-state index contributed by atoms with van der Waals surface area (Å²) in [5.74, 6) is 0. The van der Waals surface area contributed by atoms with Crippen molar-refractivity contribution in [2.24, 2.45) is 0 Å². The Morgan fingerprint density at radius 3 is 2.88 bits per heavy atom. The Labute approximate surface area is 105 Å². The Morgan fingerprint density at radius 2 is 2.18 bits per heavy atom. The molecule has 17 heavy (non-hydrogen) atoms. The second kappa shape index (κ2) is 5.58. The lowest BCUT2D eigenvalue weighted by molar-refractivity contribution is -0.0208. The number of aliphatic hydroxyl groups is 1. The molecule has 2 aromatic rings. The van der Waals surface area contributed by atoms with E-state index in [1.165, 1.54) is 4.70 Å². The SMILES string of the molecule is CCOC(C)C(O)Cc1nc2ccccc2s1. The number of thiazole rings is 1. The van der Waals surface area contributed by atoms with Gasteiger partial charge in [0.15, 0.2) is 0 Å². The molecule has 0 aliphatic carbocycles. The van der Waals surface area contributed by atoms with E-state index in [0.717, 1.165) is 10.5 Å². The molecular weight excluding hydrogens is 234 g/mol. The first kappa shape index (κ1) is 12.5. The van der Waals surface area contributed by atoms with Crippen LogP contribution in [-0.2, 0) is 11.2 Å². The number of para-hydroxylation sites is 1. The highest BCUT2D eigenvalue weighted by molar-refractivity contribution is 7.18. The van der Waals surface area contributed by atoms with Crippen LogP contribution in [0.4, 0.5) is 0 Å². The number of benzene rings is 1. The van der Waals surface area contributed by atoms with Gasteiger partial charge in [0, 0.05) is 13.0 Å². The van der Waals surface area contributed by atoms with Crippen molar-refractivity contribution in [3.8, 4) is 0 Å². The van der Waals surface area contributed by atoms with Crippen molar-refractivity contribution in [2.45, 2.75) is 32.5 Å². The zero-order valence-electron chi connectivity index (χ0n) is 10.1. The molecule has 92 valence electrons. The molecule has 0 bridgehead atoms. The number of rotatable bonds is 5. The first-order valence-electron chi connectivity index (χ1n) is 5.84. The van der Waals surface area contributed by atoms with E-state index in [-0.39, 0.29) is 6.10 Å². The number of hydrogen-bond acceptors (Lipinski definition) is 4. The minimum absolute atomic E-state index is 0.146. The molecule has 2 atom stereocenters. The minimum Gasteiger partial charge on any atom is -0.390 e. The Kier molecular flexibility index (Phi) is 4.10. The summed E-state index contributed by atoms with van der Waals surface area (Å²) < 4.78 is 6.54. The largest absolute Gasteiger partial charge is 0.390 e. The summed E-state index contributed by atoms with van der Waals surface area (Å²) in [7, 11) is 0. The van der Waals surface area contributed by atoms with Gasteiger partial charge in [-0.25, -0.2) is 4.98 Å². The van der Waals surface area contributed by atoms with E-state index in [2.05, 4.69) is 11.1 Å². The molecule has 1 aromatic heterocycles. The molecule has 0 saturated heterocycles. The molecule has 2 unspecified atom stereocenters. The second-order valence-corrected chi connectivity index (χ2v) is 5.12. The van der Waals surface area contributed by atoms with Gasteiger partial charge in [0.05, 0.1) is 27.4 Å². The number of nitrogens with zero attached hydrogens (tertiary/aromatic N) is 1. The molecule has 3 nitrogen and oxygen atoms in total. The highest BCUT2D eigenvalue weighted by Crippen LogP contribution is 2.23. The van der Waals surface area contributed by atoms with Crippen molar-refractivity contribution in [3.63, 3.8) is 0 Å².